The summed E-state index contributed by atoms with van der Waals surface area (Å²) in [7, 11) is 0. The fourth-order valence-electron chi connectivity index (χ4n) is 2.25. The molecular weight excluding hydrogens is 192 g/mol. The summed E-state index contributed by atoms with van der Waals surface area (Å²) >= 11 is 0. The van der Waals surface area contributed by atoms with Gasteiger partial charge in [0.05, 0.1) is 12.2 Å². The van der Waals surface area contributed by atoms with Gasteiger partial charge >= 0.3 is 0 Å². The second-order valence-corrected chi connectivity index (χ2v) is 4.17. The molecule has 2 heterocycles. The monoisotopic (exact) mass is 208 g/mol. The molecule has 0 aromatic carbocycles. The van der Waals surface area contributed by atoms with Crippen LogP contribution in [0.15, 0.2) is 4.52 Å². The van der Waals surface area contributed by atoms with E-state index in [0.29, 0.717) is 18.7 Å². The number of rotatable bonds is 2. The highest BCUT2D eigenvalue weighted by Gasteiger charge is 2.28. The van der Waals surface area contributed by atoms with E-state index in [2.05, 4.69) is 17.0 Å². The Balaban J connectivity index is 2.20. The molecule has 0 aliphatic carbocycles. The van der Waals surface area contributed by atoms with E-state index in [1.165, 1.54) is 0 Å². The number of carbonyl (C=O) groups is 1. The maximum Gasteiger partial charge on any atom is 0.148 e. The molecule has 0 saturated carbocycles. The number of aromatic nitrogens is 1. The van der Waals surface area contributed by atoms with Gasteiger partial charge in [0, 0.05) is 24.6 Å². The molecule has 0 amide bonds. The molecule has 1 fully saturated rings. The van der Waals surface area contributed by atoms with Crippen molar-refractivity contribution < 1.29 is 9.32 Å². The third-order valence-electron chi connectivity index (χ3n) is 3.11. The second kappa shape index (κ2) is 3.77. The minimum atomic E-state index is 0.225. The fraction of sp³-hybridized carbons (Fsp3) is 0.636. The number of Topliss-reactive ketones (excluding diaryl/α,β-unsaturated/α-hetero) is 1. The average molecular weight is 208 g/mol. The summed E-state index contributed by atoms with van der Waals surface area (Å²) in [6.45, 7) is 7.38. The molecule has 1 unspecified atom stereocenters. The van der Waals surface area contributed by atoms with Gasteiger partial charge in [-0.25, -0.2) is 0 Å². The van der Waals surface area contributed by atoms with Crippen molar-refractivity contribution in [3.8, 4) is 0 Å². The van der Waals surface area contributed by atoms with Crippen LogP contribution >= 0.6 is 0 Å². The van der Waals surface area contributed by atoms with Gasteiger partial charge in [-0.15, -0.1) is 0 Å². The Morgan fingerprint density at radius 3 is 2.67 bits per heavy atom. The SMILES string of the molecule is Cc1noc(C)c1C(C)N1CCC(=O)C1. The smallest absolute Gasteiger partial charge is 0.148 e. The predicted octanol–water partition coefficient (Wildman–Crippen LogP) is 1.63. The van der Waals surface area contributed by atoms with Gasteiger partial charge in [-0.1, -0.05) is 5.16 Å². The zero-order chi connectivity index (χ0) is 11.0. The number of hydrogen-bond acceptors (Lipinski definition) is 4. The standard InChI is InChI=1S/C11H16N2O2/c1-7-11(9(3)15-12-7)8(2)13-5-4-10(14)6-13/h8H,4-6H2,1-3H3. The van der Waals surface area contributed by atoms with Gasteiger partial charge in [-0.3, -0.25) is 9.69 Å². The van der Waals surface area contributed by atoms with Crippen molar-refractivity contribution in [2.24, 2.45) is 0 Å². The van der Waals surface area contributed by atoms with Crippen LogP contribution < -0.4 is 0 Å². The number of hydrogen-bond donors (Lipinski definition) is 0. The van der Waals surface area contributed by atoms with Gasteiger partial charge in [0.25, 0.3) is 0 Å². The van der Waals surface area contributed by atoms with E-state index in [1.54, 1.807) is 0 Å². The van der Waals surface area contributed by atoms with E-state index >= 15 is 0 Å². The lowest BCUT2D eigenvalue weighted by molar-refractivity contribution is -0.117. The van der Waals surface area contributed by atoms with Gasteiger partial charge in [0.15, 0.2) is 0 Å². The summed E-state index contributed by atoms with van der Waals surface area (Å²) in [6.07, 6.45) is 0.674. The molecule has 1 aliphatic rings. The Hall–Kier alpha value is -1.16. The second-order valence-electron chi connectivity index (χ2n) is 4.17. The van der Waals surface area contributed by atoms with Crippen LogP contribution in [-0.4, -0.2) is 28.9 Å². The Labute approximate surface area is 89.2 Å². The summed E-state index contributed by atoms with van der Waals surface area (Å²) in [4.78, 5) is 13.4. The topological polar surface area (TPSA) is 46.3 Å². The maximum absolute atomic E-state index is 11.2. The van der Waals surface area contributed by atoms with Crippen molar-refractivity contribution in [2.75, 3.05) is 13.1 Å². The highest BCUT2D eigenvalue weighted by Crippen LogP contribution is 2.28. The van der Waals surface area contributed by atoms with Crippen molar-refractivity contribution in [3.05, 3.63) is 17.0 Å². The zero-order valence-corrected chi connectivity index (χ0v) is 9.41. The number of aryl methyl sites for hydroxylation is 2. The average Bonchev–Trinajstić information content (AvgIpc) is 2.73. The predicted molar refractivity (Wildman–Crippen MR) is 55.6 cm³/mol. The van der Waals surface area contributed by atoms with Crippen LogP contribution in [-0.2, 0) is 4.79 Å². The number of likely N-dealkylation sites (tertiary alicyclic amines) is 1. The molecule has 1 aromatic rings. The van der Waals surface area contributed by atoms with Crippen LogP contribution in [0.4, 0.5) is 0 Å². The van der Waals surface area contributed by atoms with Crippen molar-refractivity contribution >= 4 is 5.78 Å². The van der Waals surface area contributed by atoms with E-state index in [0.717, 1.165) is 23.6 Å². The minimum Gasteiger partial charge on any atom is -0.361 e. The molecule has 4 nitrogen and oxygen atoms in total. The third kappa shape index (κ3) is 1.81. The summed E-state index contributed by atoms with van der Waals surface area (Å²) < 4.78 is 5.14. The maximum atomic E-state index is 11.2. The van der Waals surface area contributed by atoms with Crippen LogP contribution in [0.5, 0.6) is 0 Å². The summed E-state index contributed by atoms with van der Waals surface area (Å²) in [5.41, 5.74) is 2.06. The molecule has 0 N–H and O–H groups in total. The zero-order valence-electron chi connectivity index (χ0n) is 9.41. The van der Waals surface area contributed by atoms with Gasteiger partial charge in [-0.05, 0) is 20.8 Å². The Morgan fingerprint density at radius 2 is 2.20 bits per heavy atom. The van der Waals surface area contributed by atoms with E-state index < -0.39 is 0 Å². The number of carbonyl (C=O) groups excluding carboxylic acids is 1. The first-order chi connectivity index (χ1) is 7.09. The minimum absolute atomic E-state index is 0.225. The highest BCUT2D eigenvalue weighted by atomic mass is 16.5. The van der Waals surface area contributed by atoms with E-state index in [9.17, 15) is 4.79 Å². The molecule has 15 heavy (non-hydrogen) atoms. The first-order valence-corrected chi connectivity index (χ1v) is 5.28. The lowest BCUT2D eigenvalue weighted by Gasteiger charge is -2.22. The first kappa shape index (κ1) is 10.4. The molecule has 1 aliphatic heterocycles. The van der Waals surface area contributed by atoms with Crippen LogP contribution in [0.1, 0.15) is 36.4 Å². The van der Waals surface area contributed by atoms with Crippen molar-refractivity contribution in [3.63, 3.8) is 0 Å². The van der Waals surface area contributed by atoms with Gasteiger partial charge < -0.3 is 4.52 Å². The lowest BCUT2D eigenvalue weighted by atomic mass is 10.1. The Morgan fingerprint density at radius 1 is 1.47 bits per heavy atom. The largest absolute Gasteiger partial charge is 0.361 e. The Kier molecular flexibility index (Phi) is 2.61. The van der Waals surface area contributed by atoms with Crippen molar-refractivity contribution in [2.45, 2.75) is 33.2 Å². The van der Waals surface area contributed by atoms with E-state index in [1.807, 2.05) is 13.8 Å². The molecular formula is C11H16N2O2. The van der Waals surface area contributed by atoms with Crippen LogP contribution in [0.2, 0.25) is 0 Å². The molecule has 0 spiro atoms. The van der Waals surface area contributed by atoms with Crippen molar-refractivity contribution in [1.82, 2.24) is 10.1 Å². The first-order valence-electron chi connectivity index (χ1n) is 5.28. The van der Waals surface area contributed by atoms with Crippen LogP contribution in [0, 0.1) is 13.8 Å². The number of ketones is 1. The van der Waals surface area contributed by atoms with Gasteiger partial charge in [0.1, 0.15) is 11.5 Å². The molecule has 0 radical (unpaired) electrons. The molecule has 2 rings (SSSR count). The van der Waals surface area contributed by atoms with Crippen LogP contribution in [0.3, 0.4) is 0 Å². The van der Waals surface area contributed by atoms with Crippen molar-refractivity contribution in [1.29, 1.82) is 0 Å². The van der Waals surface area contributed by atoms with E-state index in [-0.39, 0.29) is 6.04 Å². The van der Waals surface area contributed by atoms with Gasteiger partial charge in [0.2, 0.25) is 0 Å². The highest BCUT2D eigenvalue weighted by molar-refractivity contribution is 5.82. The summed E-state index contributed by atoms with van der Waals surface area (Å²) in [5.74, 6) is 1.19. The Bertz CT molecular complexity index is 364. The lowest BCUT2D eigenvalue weighted by Crippen LogP contribution is -2.25. The van der Waals surface area contributed by atoms with E-state index in [4.69, 9.17) is 4.52 Å². The molecule has 0 bridgehead atoms. The van der Waals surface area contributed by atoms with Crippen LogP contribution in [0.25, 0.3) is 0 Å². The third-order valence-corrected chi connectivity index (χ3v) is 3.11. The summed E-state index contributed by atoms with van der Waals surface area (Å²) in [6, 6.07) is 0.225. The fourth-order valence-corrected chi connectivity index (χ4v) is 2.25. The number of nitrogens with zero attached hydrogens (tertiary/aromatic N) is 2. The normalized spacial score (nSPS) is 19.8. The molecule has 4 heteroatoms. The molecule has 82 valence electrons. The quantitative estimate of drug-likeness (QED) is 0.741. The molecule has 1 saturated heterocycles. The van der Waals surface area contributed by atoms with Gasteiger partial charge in [-0.2, -0.15) is 0 Å². The summed E-state index contributed by atoms with van der Waals surface area (Å²) in [5, 5.41) is 3.94. The molecule has 1 aromatic heterocycles. The molecule has 1 atom stereocenters.